The molecule has 2 N–H and O–H groups in total. The Kier molecular flexibility index (Phi) is 6.81. The van der Waals surface area contributed by atoms with Gasteiger partial charge in [0.25, 0.3) is 0 Å². The molecule has 7 nitrogen and oxygen atoms in total. The third kappa shape index (κ3) is 5.75. The van der Waals surface area contributed by atoms with E-state index >= 15 is 0 Å². The van der Waals surface area contributed by atoms with Crippen molar-refractivity contribution in [3.8, 4) is 0 Å². The molecule has 1 aromatic carbocycles. The van der Waals surface area contributed by atoms with E-state index in [1.54, 1.807) is 0 Å². The number of aryl methyl sites for hydroxylation is 2. The number of hydrogen-bond donors (Lipinski definition) is 2. The summed E-state index contributed by atoms with van der Waals surface area (Å²) < 4.78 is 5.12. The average Bonchev–Trinajstić information content (AvgIpc) is 3.22. The Morgan fingerprint density at radius 1 is 1.26 bits per heavy atom. The lowest BCUT2D eigenvalue weighted by atomic mass is 10.2. The highest BCUT2D eigenvalue weighted by atomic mass is 35.5. The first-order valence-corrected chi connectivity index (χ1v) is 10.6. The molecule has 2 heterocycles. The molecular weight excluding hydrogens is 406 g/mol. The van der Waals surface area contributed by atoms with E-state index in [-0.39, 0.29) is 5.91 Å². The fourth-order valence-corrected chi connectivity index (χ4v) is 4.07. The summed E-state index contributed by atoms with van der Waals surface area (Å²) in [7, 11) is 0. The number of halogens is 1. The molecule has 0 aliphatic carbocycles. The lowest BCUT2D eigenvalue weighted by Gasteiger charge is -2.02. The van der Waals surface area contributed by atoms with Crippen LogP contribution in [-0.2, 0) is 16.3 Å². The van der Waals surface area contributed by atoms with Gasteiger partial charge in [0.05, 0.1) is 11.4 Å². The summed E-state index contributed by atoms with van der Waals surface area (Å²) in [6.45, 7) is 3.76. The minimum Gasteiger partial charge on any atom is -0.361 e. The molecule has 0 unspecified atom stereocenters. The molecule has 0 aliphatic heterocycles. The molecule has 0 spiro atoms. The molecule has 2 aromatic heterocycles. The van der Waals surface area contributed by atoms with Crippen LogP contribution in [0.15, 0.2) is 33.9 Å². The van der Waals surface area contributed by atoms with Gasteiger partial charge in [0, 0.05) is 22.1 Å². The standard InChI is InChI=1S/C17H18ClN5O2S2/c1-10-14(11(2)25-23-10)8-26-9-15(24)19-16-20-17(22-21-16)27-7-12-3-5-13(18)6-4-12/h3-6H,7-9H2,1-2H3,(H2,19,20,21,22,24). The summed E-state index contributed by atoms with van der Waals surface area (Å²) in [4.78, 5) is 16.3. The van der Waals surface area contributed by atoms with Crippen molar-refractivity contribution in [2.75, 3.05) is 11.1 Å². The fraction of sp³-hybridized carbons (Fsp3) is 0.294. The van der Waals surface area contributed by atoms with Gasteiger partial charge in [-0.05, 0) is 31.5 Å². The van der Waals surface area contributed by atoms with Gasteiger partial charge in [-0.2, -0.15) is 4.98 Å². The lowest BCUT2D eigenvalue weighted by molar-refractivity contribution is -0.113. The number of rotatable bonds is 8. The fourth-order valence-electron chi connectivity index (χ4n) is 2.22. The zero-order valence-corrected chi connectivity index (χ0v) is 17.2. The maximum atomic E-state index is 12.1. The molecule has 10 heteroatoms. The Bertz CT molecular complexity index is 891. The van der Waals surface area contributed by atoms with Crippen molar-refractivity contribution in [2.45, 2.75) is 30.5 Å². The Labute approximate surface area is 170 Å². The Balaban J connectivity index is 1.43. The topological polar surface area (TPSA) is 96.7 Å². The van der Waals surface area contributed by atoms with E-state index in [9.17, 15) is 4.79 Å². The van der Waals surface area contributed by atoms with Crippen LogP contribution >= 0.6 is 35.1 Å². The highest BCUT2D eigenvalue weighted by Gasteiger charge is 2.12. The van der Waals surface area contributed by atoms with Gasteiger partial charge in [-0.1, -0.05) is 40.7 Å². The van der Waals surface area contributed by atoms with Gasteiger partial charge < -0.3 is 4.52 Å². The number of nitrogens with one attached hydrogen (secondary N) is 2. The number of carbonyl (C=O) groups excluding carboxylic acids is 1. The number of aromatic amines is 1. The Morgan fingerprint density at radius 3 is 2.74 bits per heavy atom. The molecule has 1 amide bonds. The van der Waals surface area contributed by atoms with Crippen molar-refractivity contribution < 1.29 is 9.32 Å². The Morgan fingerprint density at radius 2 is 2.04 bits per heavy atom. The van der Waals surface area contributed by atoms with E-state index in [4.69, 9.17) is 16.1 Å². The summed E-state index contributed by atoms with van der Waals surface area (Å²) in [5.74, 6) is 2.69. The molecule has 0 fully saturated rings. The van der Waals surface area contributed by atoms with Crippen molar-refractivity contribution in [2.24, 2.45) is 0 Å². The number of anilines is 1. The maximum Gasteiger partial charge on any atom is 0.236 e. The van der Waals surface area contributed by atoms with Crippen LogP contribution in [0, 0.1) is 13.8 Å². The number of nitrogens with zero attached hydrogens (tertiary/aromatic N) is 3. The van der Waals surface area contributed by atoms with E-state index < -0.39 is 0 Å². The number of aromatic nitrogens is 4. The normalized spacial score (nSPS) is 10.9. The van der Waals surface area contributed by atoms with Gasteiger partial charge in [0.15, 0.2) is 0 Å². The van der Waals surface area contributed by atoms with Gasteiger partial charge >= 0.3 is 0 Å². The number of thioether (sulfide) groups is 2. The molecule has 3 rings (SSSR count). The van der Waals surface area contributed by atoms with E-state index in [2.05, 4.69) is 25.7 Å². The number of H-pyrrole nitrogens is 1. The Hall–Kier alpha value is -1.97. The highest BCUT2D eigenvalue weighted by molar-refractivity contribution is 7.99. The van der Waals surface area contributed by atoms with Crippen LogP contribution in [0.1, 0.15) is 22.6 Å². The number of hydrogen-bond acceptors (Lipinski definition) is 7. The van der Waals surface area contributed by atoms with E-state index in [1.807, 2.05) is 38.1 Å². The van der Waals surface area contributed by atoms with Crippen LogP contribution in [-0.4, -0.2) is 32.0 Å². The first-order valence-electron chi connectivity index (χ1n) is 8.10. The van der Waals surface area contributed by atoms with E-state index in [0.717, 1.165) is 28.3 Å². The van der Waals surface area contributed by atoms with Crippen LogP contribution in [0.4, 0.5) is 5.95 Å². The maximum absolute atomic E-state index is 12.1. The van der Waals surface area contributed by atoms with Gasteiger partial charge in [0.1, 0.15) is 5.76 Å². The third-order valence-corrected chi connectivity index (χ3v) is 5.79. The van der Waals surface area contributed by atoms with Crippen LogP contribution in [0.5, 0.6) is 0 Å². The lowest BCUT2D eigenvalue weighted by Crippen LogP contribution is -2.15. The minimum absolute atomic E-state index is 0.142. The third-order valence-electron chi connectivity index (χ3n) is 3.66. The van der Waals surface area contributed by atoms with Crippen molar-refractivity contribution in [1.29, 1.82) is 0 Å². The summed E-state index contributed by atoms with van der Waals surface area (Å²) in [6.07, 6.45) is 0. The first-order chi connectivity index (χ1) is 13.0. The van der Waals surface area contributed by atoms with Crippen LogP contribution in [0.2, 0.25) is 5.02 Å². The zero-order chi connectivity index (χ0) is 19.2. The molecule has 0 atom stereocenters. The van der Waals surface area contributed by atoms with Crippen molar-refractivity contribution in [1.82, 2.24) is 20.3 Å². The van der Waals surface area contributed by atoms with Crippen LogP contribution in [0.3, 0.4) is 0 Å². The quantitative estimate of drug-likeness (QED) is 0.523. The predicted octanol–water partition coefficient (Wildman–Crippen LogP) is 4.23. The number of amides is 1. The van der Waals surface area contributed by atoms with Gasteiger partial charge in [-0.25, -0.2) is 5.10 Å². The monoisotopic (exact) mass is 423 g/mol. The first kappa shape index (κ1) is 19.8. The second-order valence-electron chi connectivity index (χ2n) is 5.73. The molecule has 0 saturated heterocycles. The molecule has 0 radical (unpaired) electrons. The van der Waals surface area contributed by atoms with Crippen LogP contribution < -0.4 is 5.32 Å². The molecule has 3 aromatic rings. The predicted molar refractivity (Wildman–Crippen MR) is 108 cm³/mol. The summed E-state index contributed by atoms with van der Waals surface area (Å²) in [5, 5.41) is 14.7. The average molecular weight is 424 g/mol. The van der Waals surface area contributed by atoms with Crippen molar-refractivity contribution in [3.05, 3.63) is 51.9 Å². The SMILES string of the molecule is Cc1noc(C)c1CSCC(=O)Nc1nc(SCc2ccc(Cl)cc2)n[nH]1. The van der Waals surface area contributed by atoms with E-state index in [0.29, 0.717) is 27.6 Å². The zero-order valence-electron chi connectivity index (χ0n) is 14.8. The second kappa shape index (κ2) is 9.29. The second-order valence-corrected chi connectivity index (χ2v) is 8.09. The molecule has 0 aliphatic rings. The van der Waals surface area contributed by atoms with Crippen LogP contribution in [0.25, 0.3) is 0 Å². The van der Waals surface area contributed by atoms with Crippen molar-refractivity contribution in [3.63, 3.8) is 0 Å². The van der Waals surface area contributed by atoms with Gasteiger partial charge in [0.2, 0.25) is 17.0 Å². The smallest absolute Gasteiger partial charge is 0.236 e. The minimum atomic E-state index is -0.142. The van der Waals surface area contributed by atoms with Gasteiger partial charge in [-0.15, -0.1) is 16.9 Å². The molecule has 0 saturated carbocycles. The van der Waals surface area contributed by atoms with Crippen molar-refractivity contribution >= 4 is 47.0 Å². The number of carbonyl (C=O) groups is 1. The summed E-state index contributed by atoms with van der Waals surface area (Å²) in [6, 6.07) is 7.62. The highest BCUT2D eigenvalue weighted by Crippen LogP contribution is 2.22. The molecule has 142 valence electrons. The molecular formula is C17H18ClN5O2S2. The molecule has 27 heavy (non-hydrogen) atoms. The summed E-state index contributed by atoms with van der Waals surface area (Å²) in [5.41, 5.74) is 3.02. The summed E-state index contributed by atoms with van der Waals surface area (Å²) >= 11 is 8.84. The largest absolute Gasteiger partial charge is 0.361 e. The number of benzene rings is 1. The molecule has 0 bridgehead atoms. The van der Waals surface area contributed by atoms with E-state index in [1.165, 1.54) is 23.5 Å². The van der Waals surface area contributed by atoms with Gasteiger partial charge in [-0.3, -0.25) is 10.1 Å².